The zero-order chi connectivity index (χ0) is 13.2. The van der Waals surface area contributed by atoms with Crippen molar-refractivity contribution in [1.29, 1.82) is 0 Å². The molecule has 0 atom stereocenters. The van der Waals surface area contributed by atoms with Gasteiger partial charge in [-0.3, -0.25) is 0 Å². The smallest absolute Gasteiger partial charge is 0.335 e. The summed E-state index contributed by atoms with van der Waals surface area (Å²) in [4.78, 5) is 14.6. The van der Waals surface area contributed by atoms with Crippen LogP contribution in [0.4, 0.5) is 4.79 Å². The summed E-state index contributed by atoms with van der Waals surface area (Å²) < 4.78 is 0. The summed E-state index contributed by atoms with van der Waals surface area (Å²) in [5, 5.41) is 2.79. The minimum absolute atomic E-state index is 0.193. The van der Waals surface area contributed by atoms with Crippen LogP contribution < -0.4 is 5.32 Å². The number of urea groups is 1. The summed E-state index contributed by atoms with van der Waals surface area (Å²) >= 11 is 0. The molecule has 0 saturated heterocycles. The Morgan fingerprint density at radius 3 is 2.11 bits per heavy atom. The van der Waals surface area contributed by atoms with Crippen molar-refractivity contribution in [2.45, 2.75) is 5.92 Å². The van der Waals surface area contributed by atoms with Crippen molar-refractivity contribution in [2.24, 2.45) is 4.99 Å². The number of fused-ring (bicyclic) bond motifs is 3. The molecule has 1 N–H and O–H groups in total. The number of benzene rings is 2. The highest BCUT2D eigenvalue weighted by Crippen LogP contribution is 2.43. The Morgan fingerprint density at radius 1 is 1.05 bits per heavy atom. The van der Waals surface area contributed by atoms with Crippen molar-refractivity contribution >= 4 is 12.7 Å². The first-order valence-electron chi connectivity index (χ1n) is 6.24. The van der Waals surface area contributed by atoms with Gasteiger partial charge in [0.2, 0.25) is 0 Å². The summed E-state index contributed by atoms with van der Waals surface area (Å²) in [7, 11) is 0. The maximum Gasteiger partial charge on any atom is 0.340 e. The van der Waals surface area contributed by atoms with Gasteiger partial charge in [0.05, 0.1) is 0 Å². The van der Waals surface area contributed by atoms with E-state index < -0.39 is 0 Å². The molecule has 0 saturated carbocycles. The molecule has 0 fully saturated rings. The molecule has 0 unspecified atom stereocenters. The molecule has 1 aliphatic carbocycles. The van der Waals surface area contributed by atoms with Crippen LogP contribution in [0.25, 0.3) is 11.1 Å². The van der Waals surface area contributed by atoms with E-state index in [0.717, 1.165) is 0 Å². The molecule has 0 aliphatic heterocycles. The van der Waals surface area contributed by atoms with E-state index in [1.807, 2.05) is 24.3 Å². The fourth-order valence-corrected chi connectivity index (χ4v) is 2.73. The normalized spacial score (nSPS) is 12.6. The first-order chi connectivity index (χ1) is 9.31. The third kappa shape index (κ3) is 1.93. The Bertz CT molecular complexity index is 603. The summed E-state index contributed by atoms with van der Waals surface area (Å²) in [6.07, 6.45) is 0. The molecule has 0 aromatic heterocycles. The monoisotopic (exact) mass is 250 g/mol. The van der Waals surface area contributed by atoms with E-state index in [-0.39, 0.29) is 11.9 Å². The van der Waals surface area contributed by atoms with Crippen LogP contribution in [0.3, 0.4) is 0 Å². The van der Waals surface area contributed by atoms with Crippen LogP contribution in [0.2, 0.25) is 0 Å². The molecule has 2 aromatic rings. The SMILES string of the molecule is C=NC(=O)NCC1c2ccccc2-c2ccccc21. The van der Waals surface area contributed by atoms with Crippen LogP contribution in [0.15, 0.2) is 53.5 Å². The van der Waals surface area contributed by atoms with Gasteiger partial charge in [-0.2, -0.15) is 0 Å². The van der Waals surface area contributed by atoms with Crippen molar-refractivity contribution in [2.75, 3.05) is 6.54 Å². The molecule has 3 nitrogen and oxygen atoms in total. The number of nitrogens with one attached hydrogen (secondary N) is 1. The second kappa shape index (κ2) is 4.69. The Hall–Kier alpha value is -2.42. The van der Waals surface area contributed by atoms with Crippen molar-refractivity contribution in [3.05, 3.63) is 59.7 Å². The number of amides is 2. The quantitative estimate of drug-likeness (QED) is 0.817. The number of carbonyl (C=O) groups is 1. The second-order valence-electron chi connectivity index (χ2n) is 4.57. The highest BCUT2D eigenvalue weighted by Gasteiger charge is 2.27. The summed E-state index contributed by atoms with van der Waals surface area (Å²) in [6, 6.07) is 16.3. The maximum atomic E-state index is 11.3. The van der Waals surface area contributed by atoms with Gasteiger partial charge in [-0.1, -0.05) is 48.5 Å². The number of hydrogen-bond donors (Lipinski definition) is 1. The largest absolute Gasteiger partial charge is 0.340 e. The third-order valence-electron chi connectivity index (χ3n) is 3.56. The zero-order valence-electron chi connectivity index (χ0n) is 10.5. The zero-order valence-corrected chi connectivity index (χ0v) is 10.5. The van der Waals surface area contributed by atoms with E-state index in [4.69, 9.17) is 0 Å². The average Bonchev–Trinajstić information content (AvgIpc) is 2.79. The van der Waals surface area contributed by atoms with Gasteiger partial charge in [-0.15, -0.1) is 0 Å². The molecule has 2 aromatic carbocycles. The van der Waals surface area contributed by atoms with Gasteiger partial charge < -0.3 is 5.32 Å². The lowest BCUT2D eigenvalue weighted by Gasteiger charge is -2.13. The molecule has 0 radical (unpaired) electrons. The number of aliphatic imine (C=N–C) groups is 1. The maximum absolute atomic E-state index is 11.3. The molecule has 0 heterocycles. The van der Waals surface area contributed by atoms with Crippen molar-refractivity contribution in [3.8, 4) is 11.1 Å². The molecule has 1 aliphatic rings. The lowest BCUT2D eigenvalue weighted by Crippen LogP contribution is -2.25. The first kappa shape index (κ1) is 11.7. The van der Waals surface area contributed by atoms with E-state index in [1.54, 1.807) is 0 Å². The minimum Gasteiger partial charge on any atom is -0.335 e. The van der Waals surface area contributed by atoms with Crippen LogP contribution in [-0.2, 0) is 0 Å². The number of nitrogens with zero attached hydrogens (tertiary/aromatic N) is 1. The van der Waals surface area contributed by atoms with Crippen LogP contribution in [-0.4, -0.2) is 19.3 Å². The number of rotatable bonds is 2. The predicted octanol–water partition coefficient (Wildman–Crippen LogP) is 3.21. The van der Waals surface area contributed by atoms with Gasteiger partial charge in [-0.05, 0) is 29.0 Å². The van der Waals surface area contributed by atoms with Crippen LogP contribution >= 0.6 is 0 Å². The fourth-order valence-electron chi connectivity index (χ4n) is 2.73. The van der Waals surface area contributed by atoms with Crippen LogP contribution in [0.5, 0.6) is 0 Å². The van der Waals surface area contributed by atoms with Gasteiger partial charge in [0.1, 0.15) is 0 Å². The average molecular weight is 250 g/mol. The fraction of sp³-hybridized carbons (Fsp3) is 0.125. The number of hydrogen-bond acceptors (Lipinski definition) is 1. The summed E-state index contributed by atoms with van der Waals surface area (Å²) in [6.45, 7) is 3.78. The van der Waals surface area contributed by atoms with Crippen LogP contribution in [0, 0.1) is 0 Å². The Kier molecular flexibility index (Phi) is 2.88. The molecule has 0 bridgehead atoms. The van der Waals surface area contributed by atoms with E-state index >= 15 is 0 Å². The molecular weight excluding hydrogens is 236 g/mol. The van der Waals surface area contributed by atoms with Gasteiger partial charge in [0.25, 0.3) is 0 Å². The molecule has 3 heteroatoms. The Morgan fingerprint density at radius 2 is 1.58 bits per heavy atom. The molecule has 19 heavy (non-hydrogen) atoms. The molecular formula is C16H14N2O. The second-order valence-corrected chi connectivity index (χ2v) is 4.57. The van der Waals surface area contributed by atoms with E-state index in [1.165, 1.54) is 22.3 Å². The van der Waals surface area contributed by atoms with Gasteiger partial charge >= 0.3 is 6.03 Å². The van der Waals surface area contributed by atoms with E-state index in [9.17, 15) is 4.79 Å². The standard InChI is InChI=1S/C16H14N2O/c1-17-16(19)18-10-15-13-8-4-2-6-11(13)12-7-3-5-9-14(12)15/h2-9,15H,1,10H2,(H,18,19). The highest BCUT2D eigenvalue weighted by atomic mass is 16.2. The van der Waals surface area contributed by atoms with Gasteiger partial charge in [0, 0.05) is 12.5 Å². The summed E-state index contributed by atoms with van der Waals surface area (Å²) in [5.41, 5.74) is 5.02. The van der Waals surface area contributed by atoms with E-state index in [2.05, 4.69) is 41.3 Å². The lowest BCUT2D eigenvalue weighted by atomic mass is 9.97. The summed E-state index contributed by atoms with van der Waals surface area (Å²) in [5.74, 6) is 0.193. The number of carbonyl (C=O) groups excluding carboxylic acids is 1. The Balaban J connectivity index is 2.00. The minimum atomic E-state index is -0.373. The van der Waals surface area contributed by atoms with Crippen molar-refractivity contribution in [1.82, 2.24) is 5.32 Å². The van der Waals surface area contributed by atoms with Gasteiger partial charge in [0.15, 0.2) is 0 Å². The molecule has 3 rings (SSSR count). The van der Waals surface area contributed by atoms with E-state index in [0.29, 0.717) is 6.54 Å². The molecule has 0 spiro atoms. The molecule has 2 amide bonds. The first-order valence-corrected chi connectivity index (χ1v) is 6.24. The van der Waals surface area contributed by atoms with Crippen molar-refractivity contribution in [3.63, 3.8) is 0 Å². The predicted molar refractivity (Wildman–Crippen MR) is 76.7 cm³/mol. The van der Waals surface area contributed by atoms with Crippen LogP contribution in [0.1, 0.15) is 17.0 Å². The topological polar surface area (TPSA) is 41.5 Å². The van der Waals surface area contributed by atoms with Gasteiger partial charge in [-0.25, -0.2) is 9.79 Å². The highest BCUT2D eigenvalue weighted by molar-refractivity contribution is 5.81. The Labute approximate surface area is 112 Å². The third-order valence-corrected chi connectivity index (χ3v) is 3.56. The van der Waals surface area contributed by atoms with Crippen molar-refractivity contribution < 1.29 is 4.79 Å². The molecule has 94 valence electrons. The lowest BCUT2D eigenvalue weighted by molar-refractivity contribution is 0.249.